The summed E-state index contributed by atoms with van der Waals surface area (Å²) in [6.07, 6.45) is 11.6. The van der Waals surface area contributed by atoms with E-state index in [-0.39, 0.29) is 0 Å². The molecule has 0 saturated carbocycles. The summed E-state index contributed by atoms with van der Waals surface area (Å²) in [6, 6.07) is 13.0. The van der Waals surface area contributed by atoms with Crippen LogP contribution in [0.5, 0.6) is 0 Å². The van der Waals surface area contributed by atoms with E-state index in [0.717, 1.165) is 49.8 Å². The molecular formula is C28H33N3. The van der Waals surface area contributed by atoms with Crippen LogP contribution in [0.25, 0.3) is 11.1 Å². The van der Waals surface area contributed by atoms with Crippen molar-refractivity contribution >= 4 is 5.82 Å². The first-order valence-corrected chi connectivity index (χ1v) is 11.3. The molecule has 0 atom stereocenters. The van der Waals surface area contributed by atoms with E-state index in [4.69, 9.17) is 4.98 Å². The zero-order valence-electron chi connectivity index (χ0n) is 19.0. The van der Waals surface area contributed by atoms with Crippen molar-refractivity contribution in [3.05, 3.63) is 95.9 Å². The number of anilines is 1. The van der Waals surface area contributed by atoms with Crippen molar-refractivity contribution in [1.29, 1.82) is 0 Å². The van der Waals surface area contributed by atoms with Crippen molar-refractivity contribution in [1.82, 2.24) is 9.88 Å². The summed E-state index contributed by atoms with van der Waals surface area (Å²) in [6.45, 7) is 14.9. The number of hydrogen-bond donors (Lipinski definition) is 0. The maximum absolute atomic E-state index is 5.11. The Labute approximate surface area is 187 Å². The molecule has 0 radical (unpaired) electrons. The molecule has 1 aliphatic carbocycles. The molecule has 2 aromatic rings. The number of nitrogens with zero attached hydrogens (tertiary/aromatic N) is 3. The molecule has 3 nitrogen and oxygen atoms in total. The lowest BCUT2D eigenvalue weighted by Gasteiger charge is -2.39. The summed E-state index contributed by atoms with van der Waals surface area (Å²) < 4.78 is 0. The minimum atomic E-state index is 0.395. The summed E-state index contributed by atoms with van der Waals surface area (Å²) in [4.78, 5) is 9.99. The van der Waals surface area contributed by atoms with Crippen molar-refractivity contribution in [3.63, 3.8) is 0 Å². The summed E-state index contributed by atoms with van der Waals surface area (Å²) in [5, 5.41) is 0. The van der Waals surface area contributed by atoms with Gasteiger partial charge in [-0.1, -0.05) is 81.1 Å². The van der Waals surface area contributed by atoms with Crippen molar-refractivity contribution in [3.8, 4) is 11.1 Å². The molecule has 4 rings (SSSR count). The second kappa shape index (κ2) is 9.38. The van der Waals surface area contributed by atoms with E-state index in [1.165, 1.54) is 22.3 Å². The SMILES string of the molecule is C=C(C1=CC=CC=CC1)N1CCN(c2nc(C(C)C)cc(-c3ccccc3)c2C)CC1. The summed E-state index contributed by atoms with van der Waals surface area (Å²) in [5.41, 5.74) is 7.45. The third-order valence-electron chi connectivity index (χ3n) is 6.27. The number of piperazine rings is 1. The highest BCUT2D eigenvalue weighted by atomic mass is 15.3. The maximum Gasteiger partial charge on any atom is 0.132 e. The molecule has 1 fully saturated rings. The van der Waals surface area contributed by atoms with E-state index in [1.807, 2.05) is 0 Å². The average molecular weight is 412 g/mol. The lowest BCUT2D eigenvalue weighted by molar-refractivity contribution is 0.326. The van der Waals surface area contributed by atoms with Crippen LogP contribution in [0.1, 0.15) is 37.4 Å². The fraction of sp³-hybridized carbons (Fsp3) is 0.321. The van der Waals surface area contributed by atoms with Gasteiger partial charge in [0.25, 0.3) is 0 Å². The molecule has 3 heteroatoms. The van der Waals surface area contributed by atoms with E-state index in [0.29, 0.717) is 5.92 Å². The Bertz CT molecular complexity index is 1020. The minimum Gasteiger partial charge on any atom is -0.368 e. The first-order valence-electron chi connectivity index (χ1n) is 11.3. The van der Waals surface area contributed by atoms with E-state index in [9.17, 15) is 0 Å². The van der Waals surface area contributed by atoms with Gasteiger partial charge >= 0.3 is 0 Å². The van der Waals surface area contributed by atoms with Crippen molar-refractivity contribution < 1.29 is 0 Å². The van der Waals surface area contributed by atoms with E-state index < -0.39 is 0 Å². The third-order valence-corrected chi connectivity index (χ3v) is 6.27. The van der Waals surface area contributed by atoms with Gasteiger partial charge in [0.1, 0.15) is 5.82 Å². The van der Waals surface area contributed by atoms with Gasteiger partial charge in [0.2, 0.25) is 0 Å². The zero-order chi connectivity index (χ0) is 21.8. The van der Waals surface area contributed by atoms with E-state index in [1.54, 1.807) is 0 Å². The molecule has 1 saturated heterocycles. The van der Waals surface area contributed by atoms with Gasteiger partial charge in [0, 0.05) is 37.6 Å². The average Bonchev–Trinajstić information content (AvgIpc) is 3.09. The molecular weight excluding hydrogens is 378 g/mol. The largest absolute Gasteiger partial charge is 0.368 e. The highest BCUT2D eigenvalue weighted by Gasteiger charge is 2.23. The first-order chi connectivity index (χ1) is 15.0. The normalized spacial score (nSPS) is 16.5. The van der Waals surface area contributed by atoms with Crippen LogP contribution < -0.4 is 4.90 Å². The van der Waals surface area contributed by atoms with Gasteiger partial charge in [-0.15, -0.1) is 0 Å². The fourth-order valence-electron chi connectivity index (χ4n) is 4.32. The maximum atomic E-state index is 5.11. The van der Waals surface area contributed by atoms with Crippen LogP contribution in [0, 0.1) is 6.92 Å². The standard InChI is InChI=1S/C28H33N3/c1-21(2)27-20-26(25-14-10-7-11-15-25)22(3)28(29-27)31-18-16-30(17-19-31)23(4)24-12-8-5-6-9-13-24/h5-12,14-15,20-21H,4,13,16-19H2,1-3H3. The van der Waals surface area contributed by atoms with Crippen molar-refractivity contribution in [2.75, 3.05) is 31.1 Å². The molecule has 160 valence electrons. The molecule has 2 heterocycles. The number of aromatic nitrogens is 1. The van der Waals surface area contributed by atoms with Gasteiger partial charge in [-0.2, -0.15) is 0 Å². The first kappa shape index (κ1) is 21.2. The molecule has 1 aromatic heterocycles. The second-order valence-corrected chi connectivity index (χ2v) is 8.69. The summed E-state index contributed by atoms with van der Waals surface area (Å²) in [5.74, 6) is 1.53. The lowest BCUT2D eigenvalue weighted by Crippen LogP contribution is -2.46. The molecule has 31 heavy (non-hydrogen) atoms. The number of rotatable bonds is 5. The molecule has 0 N–H and O–H groups in total. The highest BCUT2D eigenvalue weighted by molar-refractivity contribution is 5.73. The topological polar surface area (TPSA) is 19.4 Å². The van der Waals surface area contributed by atoms with Crippen molar-refractivity contribution in [2.24, 2.45) is 0 Å². The van der Waals surface area contributed by atoms with Crippen molar-refractivity contribution in [2.45, 2.75) is 33.1 Å². The second-order valence-electron chi connectivity index (χ2n) is 8.69. The minimum absolute atomic E-state index is 0.395. The summed E-state index contributed by atoms with van der Waals surface area (Å²) >= 11 is 0. The molecule has 2 aliphatic rings. The van der Waals surface area contributed by atoms with Crippen LogP contribution in [0.3, 0.4) is 0 Å². The van der Waals surface area contributed by atoms with Crippen LogP contribution in [-0.4, -0.2) is 36.1 Å². The highest BCUT2D eigenvalue weighted by Crippen LogP contribution is 2.33. The molecule has 0 unspecified atom stereocenters. The third kappa shape index (κ3) is 4.66. The number of benzene rings is 1. The summed E-state index contributed by atoms with van der Waals surface area (Å²) in [7, 11) is 0. The monoisotopic (exact) mass is 411 g/mol. The zero-order valence-corrected chi connectivity index (χ0v) is 19.0. The Morgan fingerprint density at radius 2 is 1.74 bits per heavy atom. The Hall–Kier alpha value is -3.07. The number of hydrogen-bond acceptors (Lipinski definition) is 3. The molecule has 1 aromatic carbocycles. The number of allylic oxidation sites excluding steroid dienone is 6. The Morgan fingerprint density at radius 3 is 2.45 bits per heavy atom. The van der Waals surface area contributed by atoms with E-state index >= 15 is 0 Å². The van der Waals surface area contributed by atoms with Crippen LogP contribution in [0.2, 0.25) is 0 Å². The van der Waals surface area contributed by atoms with Gasteiger partial charge in [-0.25, -0.2) is 4.98 Å². The smallest absolute Gasteiger partial charge is 0.132 e. The van der Waals surface area contributed by atoms with Crippen LogP contribution in [-0.2, 0) is 0 Å². The number of pyridine rings is 1. The molecule has 0 amide bonds. The van der Waals surface area contributed by atoms with Crippen LogP contribution in [0.4, 0.5) is 5.82 Å². The van der Waals surface area contributed by atoms with Gasteiger partial charge in [-0.3, -0.25) is 0 Å². The van der Waals surface area contributed by atoms with Gasteiger partial charge in [0.15, 0.2) is 0 Å². The predicted octanol–water partition coefficient (Wildman–Crippen LogP) is 6.26. The molecule has 1 aliphatic heterocycles. The van der Waals surface area contributed by atoms with E-state index in [2.05, 4.69) is 104 Å². The molecule has 0 spiro atoms. The quantitative estimate of drug-likeness (QED) is 0.579. The molecule has 0 bridgehead atoms. The van der Waals surface area contributed by atoms with Gasteiger partial charge in [0.05, 0.1) is 0 Å². The fourth-order valence-corrected chi connectivity index (χ4v) is 4.32. The van der Waals surface area contributed by atoms with Gasteiger partial charge < -0.3 is 9.80 Å². The lowest BCUT2D eigenvalue weighted by atomic mass is 9.97. The Kier molecular flexibility index (Phi) is 6.41. The predicted molar refractivity (Wildman–Crippen MR) is 132 cm³/mol. The van der Waals surface area contributed by atoms with Crippen LogP contribution in [0.15, 0.2) is 84.6 Å². The Morgan fingerprint density at radius 1 is 1.00 bits per heavy atom. The van der Waals surface area contributed by atoms with Gasteiger partial charge in [-0.05, 0) is 47.6 Å². The van der Waals surface area contributed by atoms with Crippen LogP contribution >= 0.6 is 0 Å². The Balaban J connectivity index is 1.56.